The van der Waals surface area contributed by atoms with Crippen molar-refractivity contribution in [2.45, 2.75) is 46.0 Å². The van der Waals surface area contributed by atoms with E-state index in [4.69, 9.17) is 5.73 Å². The number of benzene rings is 3. The predicted octanol–water partition coefficient (Wildman–Crippen LogP) is 7.24. The SMILES string of the molecule is CCC(CCC(C)C(=O)Nc1cccc(N=NC(C(=O)Nc2cccc(NC(N)=O)c2)=C(C)O)c1)c1ccccc1. The summed E-state index contributed by atoms with van der Waals surface area (Å²) in [5.41, 5.74) is 7.78. The third-order valence-electron chi connectivity index (χ3n) is 6.48. The molecule has 2 unspecified atom stereocenters. The lowest BCUT2D eigenvalue weighted by Gasteiger charge is -2.18. The van der Waals surface area contributed by atoms with Crippen LogP contribution in [0, 0.1) is 5.92 Å². The molecule has 0 radical (unpaired) electrons. The van der Waals surface area contributed by atoms with Gasteiger partial charge in [-0.15, -0.1) is 5.11 Å². The van der Waals surface area contributed by atoms with Gasteiger partial charge in [0.15, 0.2) is 5.70 Å². The van der Waals surface area contributed by atoms with E-state index in [1.807, 2.05) is 25.1 Å². The van der Waals surface area contributed by atoms with E-state index in [0.717, 1.165) is 19.3 Å². The van der Waals surface area contributed by atoms with Crippen LogP contribution in [0.3, 0.4) is 0 Å². The van der Waals surface area contributed by atoms with Crippen molar-refractivity contribution in [3.63, 3.8) is 0 Å². The van der Waals surface area contributed by atoms with Crippen molar-refractivity contribution in [2.75, 3.05) is 16.0 Å². The maximum atomic E-state index is 12.9. The lowest BCUT2D eigenvalue weighted by atomic mass is 9.89. The van der Waals surface area contributed by atoms with Gasteiger partial charge in [-0.05, 0) is 74.1 Å². The van der Waals surface area contributed by atoms with Crippen molar-refractivity contribution in [2.24, 2.45) is 21.9 Å². The van der Waals surface area contributed by atoms with Gasteiger partial charge >= 0.3 is 6.03 Å². The van der Waals surface area contributed by atoms with Crippen LogP contribution in [0.1, 0.15) is 51.5 Å². The first-order valence-electron chi connectivity index (χ1n) is 13.4. The minimum absolute atomic E-state index is 0.0961. The number of nitrogens with zero attached hydrogens (tertiary/aromatic N) is 2. The van der Waals surface area contributed by atoms with Crippen molar-refractivity contribution in [1.82, 2.24) is 0 Å². The Bertz CT molecular complexity index is 1420. The average molecular weight is 557 g/mol. The second kappa shape index (κ2) is 15.0. The number of nitrogens with one attached hydrogen (secondary N) is 3. The molecule has 0 spiro atoms. The lowest BCUT2D eigenvalue weighted by Crippen LogP contribution is -2.20. The number of aliphatic hydroxyl groups excluding tert-OH is 1. The molecular weight excluding hydrogens is 520 g/mol. The molecule has 6 N–H and O–H groups in total. The molecule has 0 aliphatic carbocycles. The number of rotatable bonds is 12. The zero-order chi connectivity index (χ0) is 29.8. The molecule has 2 atom stereocenters. The second-order valence-corrected chi connectivity index (χ2v) is 9.69. The van der Waals surface area contributed by atoms with Crippen LogP contribution < -0.4 is 21.7 Å². The molecule has 0 aliphatic rings. The number of azo groups is 1. The highest BCUT2D eigenvalue weighted by molar-refractivity contribution is 6.04. The summed E-state index contributed by atoms with van der Waals surface area (Å²) in [6.45, 7) is 5.39. The van der Waals surface area contributed by atoms with Gasteiger partial charge in [0, 0.05) is 23.0 Å². The standard InChI is InChI=1S/C31H36N6O4/c1-4-22(23-10-6-5-7-11-23)17-16-20(2)29(39)33-25-13-9-15-27(19-25)36-37-28(21(3)38)30(40)34-24-12-8-14-26(18-24)35-31(32)41/h5-15,18-20,22,38H,4,16-17H2,1-3H3,(H,33,39)(H,34,40)(H3,32,35,41). The summed E-state index contributed by atoms with van der Waals surface area (Å²) in [7, 11) is 0. The summed E-state index contributed by atoms with van der Waals surface area (Å²) in [5, 5.41) is 26.0. The minimum atomic E-state index is -0.741. The maximum absolute atomic E-state index is 12.9. The Morgan fingerprint density at radius 1 is 0.854 bits per heavy atom. The van der Waals surface area contributed by atoms with E-state index in [2.05, 4.69) is 45.2 Å². The molecule has 4 amide bonds. The first-order valence-corrected chi connectivity index (χ1v) is 13.4. The Balaban J connectivity index is 1.61. The molecule has 10 nitrogen and oxygen atoms in total. The van der Waals surface area contributed by atoms with Gasteiger partial charge in [-0.1, -0.05) is 56.3 Å². The van der Waals surface area contributed by atoms with Crippen LogP contribution in [0.15, 0.2) is 101 Å². The van der Waals surface area contributed by atoms with Gasteiger partial charge in [0.1, 0.15) is 5.76 Å². The number of carbonyl (C=O) groups excluding carboxylic acids is 3. The van der Waals surface area contributed by atoms with Crippen LogP contribution >= 0.6 is 0 Å². The summed E-state index contributed by atoms with van der Waals surface area (Å²) >= 11 is 0. The number of hydrogen-bond donors (Lipinski definition) is 5. The summed E-state index contributed by atoms with van der Waals surface area (Å²) in [6, 6.07) is 22.7. The highest BCUT2D eigenvalue weighted by Crippen LogP contribution is 2.27. The molecule has 10 heteroatoms. The highest BCUT2D eigenvalue weighted by atomic mass is 16.3. The molecular formula is C31H36N6O4. The van der Waals surface area contributed by atoms with Gasteiger partial charge in [-0.25, -0.2) is 4.79 Å². The molecule has 0 fully saturated rings. The largest absolute Gasteiger partial charge is 0.510 e. The van der Waals surface area contributed by atoms with E-state index in [1.165, 1.54) is 18.6 Å². The van der Waals surface area contributed by atoms with Crippen LogP contribution in [-0.4, -0.2) is 23.0 Å². The van der Waals surface area contributed by atoms with Crippen LogP contribution in [0.2, 0.25) is 0 Å². The van der Waals surface area contributed by atoms with Gasteiger partial charge in [0.05, 0.1) is 5.69 Å². The van der Waals surface area contributed by atoms with Gasteiger partial charge in [-0.3, -0.25) is 9.59 Å². The first kappa shape index (κ1) is 30.6. The van der Waals surface area contributed by atoms with E-state index in [9.17, 15) is 19.5 Å². The molecule has 3 aromatic rings. The van der Waals surface area contributed by atoms with Crippen LogP contribution in [0.5, 0.6) is 0 Å². The molecule has 41 heavy (non-hydrogen) atoms. The molecule has 0 saturated carbocycles. The Kier molecular flexibility index (Phi) is 11.2. The third-order valence-corrected chi connectivity index (χ3v) is 6.48. The van der Waals surface area contributed by atoms with Crippen molar-refractivity contribution in [3.05, 3.63) is 95.9 Å². The fraction of sp³-hybridized carbons (Fsp3) is 0.258. The predicted molar refractivity (Wildman–Crippen MR) is 161 cm³/mol. The minimum Gasteiger partial charge on any atom is -0.510 e. The fourth-order valence-electron chi connectivity index (χ4n) is 4.22. The van der Waals surface area contributed by atoms with E-state index in [1.54, 1.807) is 42.5 Å². The van der Waals surface area contributed by atoms with Gasteiger partial charge < -0.3 is 26.8 Å². The van der Waals surface area contributed by atoms with Crippen LogP contribution in [-0.2, 0) is 9.59 Å². The van der Waals surface area contributed by atoms with Crippen molar-refractivity contribution in [1.29, 1.82) is 0 Å². The summed E-state index contributed by atoms with van der Waals surface area (Å²) in [6.07, 6.45) is 2.66. The van der Waals surface area contributed by atoms with Crippen molar-refractivity contribution in [3.8, 4) is 0 Å². The Morgan fingerprint density at radius 2 is 1.49 bits per heavy atom. The maximum Gasteiger partial charge on any atom is 0.316 e. The summed E-state index contributed by atoms with van der Waals surface area (Å²) in [5.74, 6) is -0.924. The highest BCUT2D eigenvalue weighted by Gasteiger charge is 2.17. The topological polar surface area (TPSA) is 158 Å². The molecule has 3 aromatic carbocycles. The van der Waals surface area contributed by atoms with Crippen LogP contribution in [0.25, 0.3) is 0 Å². The number of carbonyl (C=O) groups is 3. The summed E-state index contributed by atoms with van der Waals surface area (Å²) < 4.78 is 0. The van der Waals surface area contributed by atoms with E-state index >= 15 is 0 Å². The lowest BCUT2D eigenvalue weighted by molar-refractivity contribution is -0.119. The Morgan fingerprint density at radius 3 is 2.12 bits per heavy atom. The summed E-state index contributed by atoms with van der Waals surface area (Å²) in [4.78, 5) is 36.7. The second-order valence-electron chi connectivity index (χ2n) is 9.69. The van der Waals surface area contributed by atoms with E-state index in [-0.39, 0.29) is 23.3 Å². The molecule has 0 bridgehead atoms. The average Bonchev–Trinajstić information content (AvgIpc) is 2.94. The Labute approximate surface area is 239 Å². The number of aliphatic hydroxyl groups is 1. The van der Waals surface area contributed by atoms with Crippen molar-refractivity contribution < 1.29 is 19.5 Å². The van der Waals surface area contributed by atoms with Crippen LogP contribution in [0.4, 0.5) is 27.5 Å². The normalized spacial score (nSPS) is 13.1. The molecule has 3 rings (SSSR count). The zero-order valence-corrected chi connectivity index (χ0v) is 23.4. The quantitative estimate of drug-likeness (QED) is 0.0904. The number of allylic oxidation sites excluding steroid dienone is 1. The van der Waals surface area contributed by atoms with Crippen molar-refractivity contribution >= 4 is 40.6 Å². The first-order chi connectivity index (χ1) is 19.7. The Hall–Kier alpha value is -4.99. The number of hydrogen-bond acceptors (Lipinski definition) is 6. The molecule has 0 aromatic heterocycles. The number of urea groups is 1. The number of primary amides is 1. The van der Waals surface area contributed by atoms with E-state index < -0.39 is 11.9 Å². The van der Waals surface area contributed by atoms with Gasteiger partial charge in [-0.2, -0.15) is 5.11 Å². The number of nitrogens with two attached hydrogens (primary N) is 1. The fourth-order valence-corrected chi connectivity index (χ4v) is 4.22. The monoisotopic (exact) mass is 556 g/mol. The smallest absolute Gasteiger partial charge is 0.316 e. The zero-order valence-electron chi connectivity index (χ0n) is 23.4. The molecule has 214 valence electrons. The molecule has 0 heterocycles. The number of anilines is 3. The molecule has 0 saturated heterocycles. The van der Waals surface area contributed by atoms with E-state index in [0.29, 0.717) is 28.7 Å². The van der Waals surface area contributed by atoms with Gasteiger partial charge in [0.25, 0.3) is 5.91 Å². The molecule has 0 aliphatic heterocycles. The third kappa shape index (κ3) is 9.61. The van der Waals surface area contributed by atoms with Gasteiger partial charge in [0.2, 0.25) is 5.91 Å². The number of amides is 4.